The van der Waals surface area contributed by atoms with Crippen LogP contribution in [-0.2, 0) is 16.0 Å². The molecule has 0 aromatic heterocycles. The molecule has 2 N–H and O–H groups in total. The van der Waals surface area contributed by atoms with Gasteiger partial charge in [0, 0.05) is 6.54 Å². The van der Waals surface area contributed by atoms with Crippen molar-refractivity contribution in [2.24, 2.45) is 0 Å². The first kappa shape index (κ1) is 20.2. The number of benzene rings is 2. The molecule has 0 spiro atoms. The summed E-state index contributed by atoms with van der Waals surface area (Å²) in [6.07, 6.45) is 0.366. The van der Waals surface area contributed by atoms with Crippen molar-refractivity contribution in [3.63, 3.8) is 0 Å². The molecule has 0 bridgehead atoms. The van der Waals surface area contributed by atoms with E-state index in [2.05, 4.69) is 10.6 Å². The molecule has 1 saturated heterocycles. The molecule has 2 aromatic carbocycles. The van der Waals surface area contributed by atoms with E-state index in [-0.39, 0.29) is 18.9 Å². The Balaban J connectivity index is 1.55. The summed E-state index contributed by atoms with van der Waals surface area (Å²) in [5.41, 5.74) is 1.48. The summed E-state index contributed by atoms with van der Waals surface area (Å²) < 4.78 is 10.3. The van der Waals surface area contributed by atoms with E-state index in [0.717, 1.165) is 16.2 Å². The number of hydrogen-bond donors (Lipinski definition) is 2. The van der Waals surface area contributed by atoms with Crippen molar-refractivity contribution >= 4 is 23.5 Å². The fraction of sp³-hybridized carbons (Fsp3) is 0.286. The molecule has 1 unspecified atom stereocenters. The van der Waals surface area contributed by atoms with Gasteiger partial charge in [0.05, 0.1) is 26.3 Å². The second-order valence-electron chi connectivity index (χ2n) is 6.54. The van der Waals surface area contributed by atoms with Gasteiger partial charge in [-0.05, 0) is 36.2 Å². The van der Waals surface area contributed by atoms with Crippen molar-refractivity contribution in [2.75, 3.05) is 26.1 Å². The van der Waals surface area contributed by atoms with Gasteiger partial charge in [-0.2, -0.15) is 0 Å². The molecule has 1 fully saturated rings. The summed E-state index contributed by atoms with van der Waals surface area (Å²) in [5, 5.41) is 5.29. The largest absolute Gasteiger partial charge is 0.497 e. The SMILES string of the molecule is COc1ccc(CCN2C(=O)NC(CC(=O)Nc3ccccc3OC)C2=O)cc1. The maximum Gasteiger partial charge on any atom is 0.324 e. The summed E-state index contributed by atoms with van der Waals surface area (Å²) >= 11 is 0. The fourth-order valence-corrected chi connectivity index (χ4v) is 3.09. The molecule has 1 heterocycles. The van der Waals surface area contributed by atoms with E-state index in [0.29, 0.717) is 17.9 Å². The van der Waals surface area contributed by atoms with Gasteiger partial charge in [-0.1, -0.05) is 24.3 Å². The minimum atomic E-state index is -0.881. The Morgan fingerprint density at radius 1 is 1.07 bits per heavy atom. The van der Waals surface area contributed by atoms with Crippen LogP contribution in [0.15, 0.2) is 48.5 Å². The zero-order chi connectivity index (χ0) is 20.8. The van der Waals surface area contributed by atoms with Crippen LogP contribution >= 0.6 is 0 Å². The Morgan fingerprint density at radius 3 is 2.48 bits per heavy atom. The van der Waals surface area contributed by atoms with E-state index in [4.69, 9.17) is 9.47 Å². The number of imide groups is 1. The fourth-order valence-electron chi connectivity index (χ4n) is 3.09. The number of carbonyl (C=O) groups is 3. The first-order valence-corrected chi connectivity index (χ1v) is 9.19. The molecule has 8 heteroatoms. The topological polar surface area (TPSA) is 97.0 Å². The number of methoxy groups -OCH3 is 2. The lowest BCUT2D eigenvalue weighted by molar-refractivity contribution is -0.129. The van der Waals surface area contributed by atoms with Gasteiger partial charge in [0.25, 0.3) is 5.91 Å². The lowest BCUT2D eigenvalue weighted by Gasteiger charge is -2.14. The standard InChI is InChI=1S/C21H23N3O5/c1-28-15-9-7-14(8-10-15)11-12-24-20(26)17(23-21(24)27)13-19(25)22-16-5-3-4-6-18(16)29-2/h3-10,17H,11-13H2,1-2H3,(H,22,25)(H,23,27). The van der Waals surface area contributed by atoms with Gasteiger partial charge in [0.15, 0.2) is 0 Å². The molecule has 4 amide bonds. The zero-order valence-electron chi connectivity index (χ0n) is 16.3. The molecule has 0 saturated carbocycles. The summed E-state index contributed by atoms with van der Waals surface area (Å²) in [7, 11) is 3.10. The number of anilines is 1. The quantitative estimate of drug-likeness (QED) is 0.666. The molecule has 8 nitrogen and oxygen atoms in total. The highest BCUT2D eigenvalue weighted by Crippen LogP contribution is 2.23. The average Bonchev–Trinajstić information content (AvgIpc) is 2.99. The summed E-state index contributed by atoms with van der Waals surface area (Å²) in [6, 6.07) is 13.0. The minimum absolute atomic E-state index is 0.151. The molecule has 1 aliphatic heterocycles. The number of para-hydroxylation sites is 2. The van der Waals surface area contributed by atoms with Gasteiger partial charge in [-0.15, -0.1) is 0 Å². The van der Waals surface area contributed by atoms with Crippen molar-refractivity contribution in [1.29, 1.82) is 0 Å². The number of carbonyl (C=O) groups excluding carboxylic acids is 3. The van der Waals surface area contributed by atoms with Gasteiger partial charge in [0.1, 0.15) is 17.5 Å². The highest BCUT2D eigenvalue weighted by atomic mass is 16.5. The van der Waals surface area contributed by atoms with Crippen LogP contribution in [0.1, 0.15) is 12.0 Å². The molecule has 2 aromatic rings. The zero-order valence-corrected chi connectivity index (χ0v) is 16.3. The number of amides is 4. The molecule has 0 radical (unpaired) electrons. The predicted octanol–water partition coefficient (Wildman–Crippen LogP) is 2.20. The Kier molecular flexibility index (Phi) is 6.33. The lowest BCUT2D eigenvalue weighted by Crippen LogP contribution is -2.35. The van der Waals surface area contributed by atoms with Gasteiger partial charge in [-0.3, -0.25) is 14.5 Å². The van der Waals surface area contributed by atoms with Gasteiger partial charge in [0.2, 0.25) is 5.91 Å². The van der Waals surface area contributed by atoms with Gasteiger partial charge < -0.3 is 20.1 Å². The molecular formula is C21H23N3O5. The third kappa shape index (κ3) is 4.84. The average molecular weight is 397 g/mol. The minimum Gasteiger partial charge on any atom is -0.497 e. The van der Waals surface area contributed by atoms with E-state index in [1.165, 1.54) is 7.11 Å². The number of nitrogens with zero attached hydrogens (tertiary/aromatic N) is 1. The van der Waals surface area contributed by atoms with E-state index in [9.17, 15) is 14.4 Å². The van der Waals surface area contributed by atoms with Crippen LogP contribution in [0.25, 0.3) is 0 Å². The Bertz CT molecular complexity index is 897. The van der Waals surface area contributed by atoms with Gasteiger partial charge in [-0.25, -0.2) is 4.79 Å². The molecule has 1 atom stereocenters. The van der Waals surface area contributed by atoms with Crippen LogP contribution in [-0.4, -0.2) is 49.6 Å². The van der Waals surface area contributed by atoms with Crippen molar-refractivity contribution < 1.29 is 23.9 Å². The smallest absolute Gasteiger partial charge is 0.324 e. The van der Waals surface area contributed by atoms with E-state index in [1.807, 2.05) is 24.3 Å². The molecule has 1 aliphatic rings. The maximum absolute atomic E-state index is 12.6. The summed E-state index contributed by atoms with van der Waals surface area (Å²) in [6.45, 7) is 0.238. The predicted molar refractivity (Wildman–Crippen MR) is 107 cm³/mol. The maximum atomic E-state index is 12.6. The van der Waals surface area contributed by atoms with Crippen LogP contribution in [0, 0.1) is 0 Å². The molecule has 29 heavy (non-hydrogen) atoms. The third-order valence-corrected chi connectivity index (χ3v) is 4.66. The lowest BCUT2D eigenvalue weighted by atomic mass is 10.1. The van der Waals surface area contributed by atoms with E-state index < -0.39 is 18.0 Å². The van der Waals surface area contributed by atoms with Gasteiger partial charge >= 0.3 is 6.03 Å². The molecule has 3 rings (SSSR count). The number of ether oxygens (including phenoxy) is 2. The van der Waals surface area contributed by atoms with Crippen LogP contribution in [0.5, 0.6) is 11.5 Å². The number of nitrogens with one attached hydrogen (secondary N) is 2. The van der Waals surface area contributed by atoms with E-state index >= 15 is 0 Å². The highest BCUT2D eigenvalue weighted by Gasteiger charge is 2.38. The monoisotopic (exact) mass is 397 g/mol. The number of urea groups is 1. The van der Waals surface area contributed by atoms with Crippen LogP contribution in [0.3, 0.4) is 0 Å². The Labute approximate surface area is 168 Å². The van der Waals surface area contributed by atoms with Crippen LogP contribution in [0.4, 0.5) is 10.5 Å². The molecular weight excluding hydrogens is 374 g/mol. The normalized spacial score (nSPS) is 15.8. The third-order valence-electron chi connectivity index (χ3n) is 4.66. The van der Waals surface area contributed by atoms with Crippen LogP contribution < -0.4 is 20.1 Å². The second kappa shape index (κ2) is 9.09. The van der Waals surface area contributed by atoms with Crippen molar-refractivity contribution in [1.82, 2.24) is 10.2 Å². The second-order valence-corrected chi connectivity index (χ2v) is 6.54. The van der Waals surface area contributed by atoms with Crippen LogP contribution in [0.2, 0.25) is 0 Å². The van der Waals surface area contributed by atoms with Crippen molar-refractivity contribution in [3.8, 4) is 11.5 Å². The Morgan fingerprint density at radius 2 is 1.79 bits per heavy atom. The van der Waals surface area contributed by atoms with Crippen molar-refractivity contribution in [2.45, 2.75) is 18.9 Å². The number of rotatable bonds is 8. The first-order chi connectivity index (χ1) is 14.0. The summed E-state index contributed by atoms with van der Waals surface area (Å²) in [5.74, 6) is 0.470. The highest BCUT2D eigenvalue weighted by molar-refractivity contribution is 6.07. The molecule has 0 aliphatic carbocycles. The summed E-state index contributed by atoms with van der Waals surface area (Å²) in [4.78, 5) is 38.2. The number of hydrogen-bond acceptors (Lipinski definition) is 5. The first-order valence-electron chi connectivity index (χ1n) is 9.19. The Hall–Kier alpha value is -3.55. The van der Waals surface area contributed by atoms with Crippen molar-refractivity contribution in [3.05, 3.63) is 54.1 Å². The molecule has 152 valence electrons. The van der Waals surface area contributed by atoms with E-state index in [1.54, 1.807) is 31.4 Å².